The maximum absolute atomic E-state index is 14.1. The van der Waals surface area contributed by atoms with Gasteiger partial charge in [0.15, 0.2) is 5.17 Å². The molecule has 9 heteroatoms. The summed E-state index contributed by atoms with van der Waals surface area (Å²) in [4.78, 5) is 46.7. The predicted octanol–water partition coefficient (Wildman–Crippen LogP) is 8.53. The molecule has 1 aliphatic heterocycles. The van der Waals surface area contributed by atoms with E-state index >= 15 is 0 Å². The summed E-state index contributed by atoms with van der Waals surface area (Å²) < 4.78 is 19.4. The lowest BCUT2D eigenvalue weighted by Crippen LogP contribution is -2.42. The zero-order valence-corrected chi connectivity index (χ0v) is 29.5. The first-order chi connectivity index (χ1) is 25.3. The largest absolute Gasteiger partial charge is 0.489 e. The maximum atomic E-state index is 14.1. The summed E-state index contributed by atoms with van der Waals surface area (Å²) >= 11 is 1.00. The summed E-state index contributed by atoms with van der Waals surface area (Å²) in [7, 11) is 0. The SMILES string of the molecule is C=C/C=C\C(=C/C)N1C(=O)/C(=C/c2ccc(OCc3ccc(F)cc3)c(CC=C)c2)C(=O)N=C1SCC(=O)NC(c1ccccc1)c1ccccc1. The van der Waals surface area contributed by atoms with Crippen molar-refractivity contribution < 1.29 is 23.5 Å². The molecule has 0 atom stereocenters. The second-order valence-corrected chi connectivity index (χ2v) is 12.5. The van der Waals surface area contributed by atoms with Crippen LogP contribution in [0.3, 0.4) is 0 Å². The molecule has 0 radical (unpaired) electrons. The van der Waals surface area contributed by atoms with E-state index in [1.165, 1.54) is 23.1 Å². The number of benzene rings is 4. The van der Waals surface area contributed by atoms with E-state index in [0.29, 0.717) is 23.4 Å². The third kappa shape index (κ3) is 9.58. The van der Waals surface area contributed by atoms with Crippen molar-refractivity contribution in [1.29, 1.82) is 0 Å². The molecular formula is C43H38FN3O4S. The number of aliphatic imine (C=N–C) groups is 1. The number of hydrogen-bond donors (Lipinski definition) is 1. The number of rotatable bonds is 14. The van der Waals surface area contributed by atoms with Gasteiger partial charge in [0.2, 0.25) is 5.91 Å². The molecule has 52 heavy (non-hydrogen) atoms. The zero-order valence-electron chi connectivity index (χ0n) is 28.7. The molecule has 0 bridgehead atoms. The highest BCUT2D eigenvalue weighted by Crippen LogP contribution is 2.29. The standard InChI is InChI=1S/C43H38FN3O4S/c1-4-7-19-36(6-3)47-42(50)37(27-31-22-25-38(34(26-31)14-5-2)51-28-30-20-23-35(44)24-21-30)41(49)46-43(47)52-29-39(48)45-40(32-15-10-8-11-16-32)33-17-12-9-13-18-33/h4-13,15-27,40H,1-2,14,28-29H2,3H3,(H,45,48)/b19-7-,36-6+,37-27+. The van der Waals surface area contributed by atoms with Crippen LogP contribution in [0.4, 0.5) is 4.39 Å². The van der Waals surface area contributed by atoms with Gasteiger partial charge in [-0.15, -0.1) is 6.58 Å². The van der Waals surface area contributed by atoms with E-state index in [2.05, 4.69) is 23.5 Å². The lowest BCUT2D eigenvalue weighted by molar-refractivity contribution is -0.126. The molecular weight excluding hydrogens is 674 g/mol. The highest BCUT2D eigenvalue weighted by atomic mass is 32.2. The van der Waals surface area contributed by atoms with E-state index in [1.807, 2.05) is 66.7 Å². The number of carbonyl (C=O) groups excluding carboxylic acids is 3. The average molecular weight is 712 g/mol. The maximum Gasteiger partial charge on any atom is 0.285 e. The van der Waals surface area contributed by atoms with E-state index < -0.39 is 17.9 Å². The topological polar surface area (TPSA) is 88.1 Å². The van der Waals surface area contributed by atoms with Crippen LogP contribution in [0, 0.1) is 5.82 Å². The first kappa shape index (κ1) is 37.2. The van der Waals surface area contributed by atoms with Crippen LogP contribution >= 0.6 is 11.8 Å². The Hall–Kier alpha value is -6.06. The van der Waals surface area contributed by atoms with Crippen molar-refractivity contribution >= 4 is 40.7 Å². The number of ether oxygens (including phenoxy) is 1. The smallest absolute Gasteiger partial charge is 0.285 e. The number of hydrogen-bond acceptors (Lipinski definition) is 5. The van der Waals surface area contributed by atoms with Crippen LogP contribution in [0.2, 0.25) is 0 Å². The van der Waals surface area contributed by atoms with Gasteiger partial charge in [-0.3, -0.25) is 19.3 Å². The molecule has 0 fully saturated rings. The van der Waals surface area contributed by atoms with Crippen molar-refractivity contribution in [3.63, 3.8) is 0 Å². The van der Waals surface area contributed by atoms with Crippen LogP contribution < -0.4 is 10.1 Å². The Balaban J connectivity index is 1.40. The van der Waals surface area contributed by atoms with Gasteiger partial charge < -0.3 is 10.1 Å². The Bertz CT molecular complexity index is 2020. The Morgan fingerprint density at radius 2 is 1.63 bits per heavy atom. The summed E-state index contributed by atoms with van der Waals surface area (Å²) in [6, 6.07) is 30.3. The molecule has 0 saturated heterocycles. The van der Waals surface area contributed by atoms with Crippen molar-refractivity contribution in [3.8, 4) is 5.75 Å². The fourth-order valence-corrected chi connectivity index (χ4v) is 6.25. The molecule has 0 unspecified atom stereocenters. The van der Waals surface area contributed by atoms with Crippen molar-refractivity contribution in [2.75, 3.05) is 5.75 Å². The van der Waals surface area contributed by atoms with Gasteiger partial charge in [0, 0.05) is 5.70 Å². The molecule has 1 aliphatic rings. The molecule has 0 saturated carbocycles. The second-order valence-electron chi connectivity index (χ2n) is 11.6. The van der Waals surface area contributed by atoms with Crippen LogP contribution in [-0.2, 0) is 27.4 Å². The minimum absolute atomic E-state index is 0.0805. The number of nitrogens with one attached hydrogen (secondary N) is 1. The normalized spacial score (nSPS) is 14.1. The van der Waals surface area contributed by atoms with E-state index in [0.717, 1.165) is 34.0 Å². The predicted molar refractivity (Wildman–Crippen MR) is 207 cm³/mol. The molecule has 4 aromatic carbocycles. The number of carbonyl (C=O) groups is 3. The van der Waals surface area contributed by atoms with Crippen molar-refractivity contribution in [2.24, 2.45) is 4.99 Å². The lowest BCUT2D eigenvalue weighted by Gasteiger charge is -2.28. The van der Waals surface area contributed by atoms with Crippen LogP contribution in [0.5, 0.6) is 5.75 Å². The first-order valence-corrected chi connectivity index (χ1v) is 17.6. The summed E-state index contributed by atoms with van der Waals surface area (Å²) in [5.74, 6) is -1.44. The zero-order chi connectivity index (χ0) is 36.9. The van der Waals surface area contributed by atoms with Gasteiger partial charge in [-0.05, 0) is 77.6 Å². The van der Waals surface area contributed by atoms with Gasteiger partial charge in [-0.1, -0.05) is 122 Å². The second kappa shape index (κ2) is 18.3. The van der Waals surface area contributed by atoms with Gasteiger partial charge in [0.05, 0.1) is 11.8 Å². The van der Waals surface area contributed by atoms with Crippen molar-refractivity contribution in [3.05, 3.63) is 192 Å². The molecule has 0 aliphatic carbocycles. The van der Waals surface area contributed by atoms with Gasteiger partial charge in [-0.2, -0.15) is 4.99 Å². The quantitative estimate of drug-likeness (QED) is 0.0614. The van der Waals surface area contributed by atoms with Gasteiger partial charge in [0.1, 0.15) is 23.7 Å². The minimum atomic E-state index is -0.722. The fourth-order valence-electron chi connectivity index (χ4n) is 5.45. The Kier molecular flexibility index (Phi) is 13.1. The summed E-state index contributed by atoms with van der Waals surface area (Å²) in [6.45, 7) is 9.57. The number of amides is 3. The number of amidine groups is 1. The summed E-state index contributed by atoms with van der Waals surface area (Å²) in [5, 5.41) is 3.18. The minimum Gasteiger partial charge on any atom is -0.489 e. The number of nitrogens with zero attached hydrogens (tertiary/aromatic N) is 2. The van der Waals surface area contributed by atoms with Crippen LogP contribution in [0.25, 0.3) is 6.08 Å². The third-order valence-corrected chi connectivity index (χ3v) is 8.92. The monoisotopic (exact) mass is 711 g/mol. The van der Waals surface area contributed by atoms with E-state index in [-0.39, 0.29) is 34.8 Å². The van der Waals surface area contributed by atoms with Crippen molar-refractivity contribution in [2.45, 2.75) is 26.0 Å². The average Bonchev–Trinajstić information content (AvgIpc) is 3.16. The van der Waals surface area contributed by atoms with Gasteiger partial charge >= 0.3 is 0 Å². The molecule has 5 rings (SSSR count). The first-order valence-electron chi connectivity index (χ1n) is 16.6. The number of thioether (sulfide) groups is 1. The molecule has 3 amide bonds. The van der Waals surface area contributed by atoms with Gasteiger partial charge in [0.25, 0.3) is 11.8 Å². The molecule has 7 nitrogen and oxygen atoms in total. The van der Waals surface area contributed by atoms with Gasteiger partial charge in [-0.25, -0.2) is 4.39 Å². The Morgan fingerprint density at radius 3 is 2.25 bits per heavy atom. The Labute approximate surface area is 307 Å². The van der Waals surface area contributed by atoms with E-state index in [1.54, 1.807) is 61.6 Å². The molecule has 1 heterocycles. The molecule has 4 aromatic rings. The van der Waals surface area contributed by atoms with Crippen molar-refractivity contribution in [1.82, 2.24) is 10.2 Å². The third-order valence-electron chi connectivity index (χ3n) is 7.98. The molecule has 0 aromatic heterocycles. The fraction of sp³-hybridized carbons (Fsp3) is 0.116. The van der Waals surface area contributed by atoms with E-state index in [9.17, 15) is 18.8 Å². The Morgan fingerprint density at radius 1 is 0.962 bits per heavy atom. The van der Waals surface area contributed by atoms with Crippen LogP contribution in [-0.4, -0.2) is 33.5 Å². The highest BCUT2D eigenvalue weighted by Gasteiger charge is 2.35. The number of allylic oxidation sites excluding steroid dienone is 5. The summed E-state index contributed by atoms with van der Waals surface area (Å²) in [6.07, 6.45) is 10.4. The molecule has 262 valence electrons. The molecule has 0 spiro atoms. The lowest BCUT2D eigenvalue weighted by atomic mass is 9.99. The number of halogens is 1. The van der Waals surface area contributed by atoms with Crippen LogP contribution in [0.1, 0.15) is 40.8 Å². The van der Waals surface area contributed by atoms with E-state index in [4.69, 9.17) is 4.74 Å². The summed E-state index contributed by atoms with van der Waals surface area (Å²) in [5.41, 5.74) is 4.33. The molecule has 1 N–H and O–H groups in total. The highest BCUT2D eigenvalue weighted by molar-refractivity contribution is 8.14. The van der Waals surface area contributed by atoms with Crippen LogP contribution in [0.15, 0.2) is 163 Å².